The predicted molar refractivity (Wildman–Crippen MR) is 128 cm³/mol. The van der Waals surface area contributed by atoms with Crippen LogP contribution in [0, 0.1) is 0 Å². The Morgan fingerprint density at radius 1 is 0.941 bits per heavy atom. The molecule has 0 radical (unpaired) electrons. The van der Waals surface area contributed by atoms with Gasteiger partial charge in [-0.25, -0.2) is 9.59 Å². The van der Waals surface area contributed by atoms with Crippen molar-refractivity contribution in [1.29, 1.82) is 0 Å². The first-order valence-corrected chi connectivity index (χ1v) is 10.5. The Hall–Kier alpha value is -4.11. The molecule has 3 aromatic carbocycles. The monoisotopic (exact) mass is 468 g/mol. The topological polar surface area (TPSA) is 125 Å². The zero-order valence-electron chi connectivity index (χ0n) is 19.3. The Bertz CT molecular complexity index is 1130. The Balaban J connectivity index is 0.000000604. The van der Waals surface area contributed by atoms with Crippen molar-refractivity contribution in [3.8, 4) is 11.5 Å². The number of nitrogens with one attached hydrogen (secondary N) is 1. The second-order valence-electron chi connectivity index (χ2n) is 7.28. The molecule has 0 saturated carbocycles. The third-order valence-corrected chi connectivity index (χ3v) is 4.64. The van der Waals surface area contributed by atoms with Gasteiger partial charge in [-0.15, -0.1) is 0 Å². The van der Waals surface area contributed by atoms with Gasteiger partial charge in [-0.1, -0.05) is 42.5 Å². The maximum Gasteiger partial charge on any atom is 0.414 e. The third-order valence-electron chi connectivity index (χ3n) is 4.64. The SMILES string of the molecule is CCOc1ccc(CN(C)CC(=O)Nc2cccc3ccccc23)cc1OC.O=C(O)C(=O)O. The van der Waals surface area contributed by atoms with Gasteiger partial charge in [0.15, 0.2) is 11.5 Å². The summed E-state index contributed by atoms with van der Waals surface area (Å²) in [6, 6.07) is 19.8. The van der Waals surface area contributed by atoms with Gasteiger partial charge in [0, 0.05) is 17.6 Å². The number of carboxylic acid groups (broad SMARTS) is 2. The highest BCUT2D eigenvalue weighted by atomic mass is 16.5. The van der Waals surface area contributed by atoms with Crippen molar-refractivity contribution in [2.45, 2.75) is 13.5 Å². The highest BCUT2D eigenvalue weighted by molar-refractivity contribution is 6.27. The molecular weight excluding hydrogens is 440 g/mol. The number of hydrogen-bond donors (Lipinski definition) is 3. The highest BCUT2D eigenvalue weighted by Crippen LogP contribution is 2.28. The average molecular weight is 469 g/mol. The zero-order chi connectivity index (χ0) is 25.1. The number of hydrogen-bond acceptors (Lipinski definition) is 6. The number of aliphatic carboxylic acids is 2. The smallest absolute Gasteiger partial charge is 0.414 e. The first-order chi connectivity index (χ1) is 16.2. The lowest BCUT2D eigenvalue weighted by Crippen LogP contribution is -2.29. The molecule has 9 nitrogen and oxygen atoms in total. The Morgan fingerprint density at radius 2 is 1.62 bits per heavy atom. The van der Waals surface area contributed by atoms with Crippen LogP contribution in [-0.2, 0) is 20.9 Å². The van der Waals surface area contributed by atoms with E-state index in [1.54, 1.807) is 7.11 Å². The minimum absolute atomic E-state index is 0.0447. The summed E-state index contributed by atoms with van der Waals surface area (Å²) in [5, 5.41) is 20.0. The van der Waals surface area contributed by atoms with Gasteiger partial charge in [0.2, 0.25) is 5.91 Å². The lowest BCUT2D eigenvalue weighted by atomic mass is 10.1. The van der Waals surface area contributed by atoms with Gasteiger partial charge in [0.25, 0.3) is 0 Å². The van der Waals surface area contributed by atoms with Gasteiger partial charge in [-0.05, 0) is 43.1 Å². The number of carbonyl (C=O) groups is 3. The summed E-state index contributed by atoms with van der Waals surface area (Å²) in [5.74, 6) is -2.26. The summed E-state index contributed by atoms with van der Waals surface area (Å²) >= 11 is 0. The second-order valence-corrected chi connectivity index (χ2v) is 7.28. The molecule has 3 N–H and O–H groups in total. The van der Waals surface area contributed by atoms with E-state index in [1.165, 1.54) is 0 Å². The van der Waals surface area contributed by atoms with E-state index in [-0.39, 0.29) is 5.91 Å². The fourth-order valence-electron chi connectivity index (χ4n) is 3.22. The number of methoxy groups -OCH3 is 1. The lowest BCUT2D eigenvalue weighted by Gasteiger charge is -2.18. The summed E-state index contributed by atoms with van der Waals surface area (Å²) in [6.45, 7) is 3.45. The van der Waals surface area contributed by atoms with Crippen LogP contribution in [0.3, 0.4) is 0 Å². The van der Waals surface area contributed by atoms with Gasteiger partial charge in [0.05, 0.1) is 20.3 Å². The summed E-state index contributed by atoms with van der Waals surface area (Å²) < 4.78 is 10.9. The molecule has 34 heavy (non-hydrogen) atoms. The summed E-state index contributed by atoms with van der Waals surface area (Å²) in [6.07, 6.45) is 0. The fourth-order valence-corrected chi connectivity index (χ4v) is 3.22. The highest BCUT2D eigenvalue weighted by Gasteiger charge is 2.11. The fraction of sp³-hybridized carbons (Fsp3) is 0.240. The Labute approximate surface area is 197 Å². The molecule has 0 unspecified atom stereocenters. The zero-order valence-corrected chi connectivity index (χ0v) is 19.3. The van der Waals surface area contributed by atoms with Crippen molar-refractivity contribution in [3.05, 3.63) is 66.2 Å². The van der Waals surface area contributed by atoms with E-state index in [0.29, 0.717) is 25.4 Å². The quantitative estimate of drug-likeness (QED) is 0.429. The number of rotatable bonds is 8. The first kappa shape index (κ1) is 26.1. The molecule has 0 spiro atoms. The molecule has 0 aliphatic carbocycles. The van der Waals surface area contributed by atoms with Crippen LogP contribution in [0.25, 0.3) is 10.8 Å². The summed E-state index contributed by atoms with van der Waals surface area (Å²) in [7, 11) is 3.55. The van der Waals surface area contributed by atoms with Crippen LogP contribution in [0.5, 0.6) is 11.5 Å². The van der Waals surface area contributed by atoms with E-state index in [0.717, 1.165) is 27.8 Å². The predicted octanol–water partition coefficient (Wildman–Crippen LogP) is 3.47. The van der Waals surface area contributed by atoms with Gasteiger partial charge in [-0.3, -0.25) is 9.69 Å². The number of carbonyl (C=O) groups excluding carboxylic acids is 1. The maximum atomic E-state index is 12.5. The van der Waals surface area contributed by atoms with E-state index in [1.807, 2.05) is 79.5 Å². The van der Waals surface area contributed by atoms with E-state index < -0.39 is 11.9 Å². The van der Waals surface area contributed by atoms with Crippen LogP contribution in [-0.4, -0.2) is 60.3 Å². The van der Waals surface area contributed by atoms with Gasteiger partial charge >= 0.3 is 11.9 Å². The van der Waals surface area contributed by atoms with Crippen molar-refractivity contribution in [2.24, 2.45) is 0 Å². The molecule has 3 rings (SSSR count). The molecule has 0 aliphatic rings. The standard InChI is InChI=1S/C23H26N2O3.C2H2O4/c1-4-28-21-13-12-17(14-22(21)27-3)15-25(2)16-23(26)24-20-11-7-9-18-8-5-6-10-19(18)20;3-1(4)2(5)6/h5-14H,4,15-16H2,1-3H3,(H,24,26);(H,3,4)(H,5,6). The van der Waals surface area contributed by atoms with Gasteiger partial charge in [0.1, 0.15) is 0 Å². The molecule has 1 amide bonds. The minimum Gasteiger partial charge on any atom is -0.493 e. The van der Waals surface area contributed by atoms with Crippen LogP contribution in [0.15, 0.2) is 60.7 Å². The van der Waals surface area contributed by atoms with Crippen LogP contribution in [0.4, 0.5) is 5.69 Å². The number of nitrogens with zero attached hydrogens (tertiary/aromatic N) is 1. The normalized spacial score (nSPS) is 10.2. The van der Waals surface area contributed by atoms with Crippen molar-refractivity contribution in [1.82, 2.24) is 4.90 Å². The number of benzene rings is 3. The molecule has 180 valence electrons. The molecule has 0 aromatic heterocycles. The Kier molecular flexibility index (Phi) is 9.85. The average Bonchev–Trinajstić information content (AvgIpc) is 2.80. The maximum absolute atomic E-state index is 12.5. The van der Waals surface area contributed by atoms with Gasteiger partial charge < -0.3 is 25.0 Å². The number of carboxylic acids is 2. The molecule has 0 saturated heterocycles. The number of fused-ring (bicyclic) bond motifs is 1. The van der Waals surface area contributed by atoms with Crippen LogP contribution in [0.2, 0.25) is 0 Å². The van der Waals surface area contributed by atoms with Crippen LogP contribution >= 0.6 is 0 Å². The molecule has 0 atom stereocenters. The first-order valence-electron chi connectivity index (χ1n) is 10.5. The second kappa shape index (κ2) is 12.8. The van der Waals surface area contributed by atoms with Crippen molar-refractivity contribution >= 4 is 34.3 Å². The van der Waals surface area contributed by atoms with Gasteiger partial charge in [-0.2, -0.15) is 0 Å². The van der Waals surface area contributed by atoms with E-state index in [4.69, 9.17) is 29.3 Å². The van der Waals surface area contributed by atoms with Crippen molar-refractivity contribution in [3.63, 3.8) is 0 Å². The van der Waals surface area contributed by atoms with E-state index in [9.17, 15) is 4.79 Å². The van der Waals surface area contributed by atoms with E-state index >= 15 is 0 Å². The van der Waals surface area contributed by atoms with Crippen molar-refractivity contribution in [2.75, 3.05) is 32.6 Å². The molecular formula is C25H28N2O7. The molecule has 0 bridgehead atoms. The molecule has 3 aromatic rings. The van der Waals surface area contributed by atoms with E-state index in [2.05, 4.69) is 5.32 Å². The van der Waals surface area contributed by atoms with Crippen LogP contribution < -0.4 is 14.8 Å². The molecule has 0 aliphatic heterocycles. The number of anilines is 1. The Morgan fingerprint density at radius 3 is 2.26 bits per heavy atom. The largest absolute Gasteiger partial charge is 0.493 e. The summed E-state index contributed by atoms with van der Waals surface area (Å²) in [4.78, 5) is 32.7. The molecule has 0 fully saturated rings. The number of ether oxygens (including phenoxy) is 2. The van der Waals surface area contributed by atoms with Crippen LogP contribution in [0.1, 0.15) is 12.5 Å². The lowest BCUT2D eigenvalue weighted by molar-refractivity contribution is -0.159. The number of likely N-dealkylation sites (N-methyl/N-ethyl adjacent to an activating group) is 1. The molecule has 9 heteroatoms. The number of amides is 1. The molecule has 0 heterocycles. The summed E-state index contributed by atoms with van der Waals surface area (Å²) in [5.41, 5.74) is 1.89. The minimum atomic E-state index is -1.82. The van der Waals surface area contributed by atoms with Crippen molar-refractivity contribution < 1.29 is 34.1 Å². The third kappa shape index (κ3) is 7.79.